The van der Waals surface area contributed by atoms with E-state index in [0.29, 0.717) is 5.82 Å². The number of carbonyl (C=O) groups excluding carboxylic acids is 1. The van der Waals surface area contributed by atoms with Crippen LogP contribution < -0.4 is 0 Å². The molecular formula is C20H37N2O5P. The summed E-state index contributed by atoms with van der Waals surface area (Å²) < 4.78 is 29.3. The number of esters is 1. The standard InChI is InChI=1S/C20H37N2O5P/c1-9-11-12-13-20(6,7)18-21-16(27-22-18)14-15(28(8,24)25-10-2)17(23)26-19(3,4)5/h15H,9-14H2,1-8H3. The van der Waals surface area contributed by atoms with Gasteiger partial charge in [-0.3, -0.25) is 9.36 Å². The summed E-state index contributed by atoms with van der Waals surface area (Å²) in [7, 11) is -3.27. The maximum atomic E-state index is 13.0. The average Bonchev–Trinajstić information content (AvgIpc) is 3.00. The molecule has 1 heterocycles. The third kappa shape index (κ3) is 7.67. The van der Waals surface area contributed by atoms with Crippen molar-refractivity contribution >= 4 is 13.3 Å². The van der Waals surface area contributed by atoms with Crippen LogP contribution in [0.3, 0.4) is 0 Å². The van der Waals surface area contributed by atoms with Gasteiger partial charge in [0, 0.05) is 18.5 Å². The molecule has 0 aromatic carbocycles. The molecule has 2 unspecified atom stereocenters. The molecule has 1 aromatic rings. The van der Waals surface area contributed by atoms with Crippen LogP contribution in [0.5, 0.6) is 0 Å². The lowest BCUT2D eigenvalue weighted by Gasteiger charge is -2.26. The molecule has 0 fully saturated rings. The van der Waals surface area contributed by atoms with E-state index in [1.165, 1.54) is 6.66 Å². The van der Waals surface area contributed by atoms with E-state index in [1.807, 2.05) is 0 Å². The summed E-state index contributed by atoms with van der Waals surface area (Å²) in [6, 6.07) is 0. The van der Waals surface area contributed by atoms with E-state index in [-0.39, 0.29) is 24.3 Å². The molecule has 0 radical (unpaired) electrons. The van der Waals surface area contributed by atoms with Gasteiger partial charge < -0.3 is 13.8 Å². The third-order valence-electron chi connectivity index (χ3n) is 4.48. The smallest absolute Gasteiger partial charge is 0.319 e. The van der Waals surface area contributed by atoms with Gasteiger partial charge in [0.2, 0.25) is 13.3 Å². The van der Waals surface area contributed by atoms with Gasteiger partial charge in [0.1, 0.15) is 11.3 Å². The van der Waals surface area contributed by atoms with Crippen LogP contribution in [-0.2, 0) is 30.5 Å². The zero-order chi connectivity index (χ0) is 21.6. The molecule has 0 spiro atoms. The van der Waals surface area contributed by atoms with Gasteiger partial charge in [-0.2, -0.15) is 4.98 Å². The van der Waals surface area contributed by atoms with Gasteiger partial charge in [0.15, 0.2) is 5.82 Å². The van der Waals surface area contributed by atoms with Gasteiger partial charge in [-0.25, -0.2) is 0 Å². The first-order chi connectivity index (χ1) is 12.8. The van der Waals surface area contributed by atoms with E-state index in [4.69, 9.17) is 13.8 Å². The predicted molar refractivity (Wildman–Crippen MR) is 110 cm³/mol. The van der Waals surface area contributed by atoms with E-state index in [9.17, 15) is 9.36 Å². The summed E-state index contributed by atoms with van der Waals surface area (Å²) in [5.74, 6) is 0.300. The molecule has 0 aliphatic carbocycles. The Morgan fingerprint density at radius 2 is 1.82 bits per heavy atom. The summed E-state index contributed by atoms with van der Waals surface area (Å²) in [5, 5.41) is 4.11. The maximum Gasteiger partial charge on any atom is 0.319 e. The Morgan fingerprint density at radius 1 is 1.18 bits per heavy atom. The fraction of sp³-hybridized carbons (Fsp3) is 0.850. The van der Waals surface area contributed by atoms with Crippen molar-refractivity contribution in [3.8, 4) is 0 Å². The first kappa shape index (κ1) is 24.8. The summed E-state index contributed by atoms with van der Waals surface area (Å²) in [6.07, 6.45) is 4.36. The lowest BCUT2D eigenvalue weighted by Crippen LogP contribution is -2.33. The Labute approximate surface area is 169 Å². The van der Waals surface area contributed by atoms with Gasteiger partial charge >= 0.3 is 5.97 Å². The third-order valence-corrected chi connectivity index (χ3v) is 6.77. The van der Waals surface area contributed by atoms with Crippen molar-refractivity contribution in [1.29, 1.82) is 0 Å². The van der Waals surface area contributed by atoms with Crippen LogP contribution in [0.4, 0.5) is 0 Å². The average molecular weight is 416 g/mol. The quantitative estimate of drug-likeness (QED) is 0.281. The van der Waals surface area contributed by atoms with Crippen LogP contribution in [0, 0.1) is 0 Å². The lowest BCUT2D eigenvalue weighted by molar-refractivity contribution is -0.154. The predicted octanol–water partition coefficient (Wildman–Crippen LogP) is 5.12. The fourth-order valence-electron chi connectivity index (χ4n) is 2.86. The first-order valence-electron chi connectivity index (χ1n) is 10.1. The SMILES string of the molecule is CCCCCC(C)(C)c1noc(CC(C(=O)OC(C)(C)C)P(C)(=O)OCC)n1. The van der Waals surface area contributed by atoms with Crippen molar-refractivity contribution in [2.75, 3.05) is 13.3 Å². The Morgan fingerprint density at radius 3 is 2.36 bits per heavy atom. The number of hydrogen-bond acceptors (Lipinski definition) is 7. The normalized spacial score (nSPS) is 15.9. The largest absolute Gasteiger partial charge is 0.459 e. The summed E-state index contributed by atoms with van der Waals surface area (Å²) >= 11 is 0. The molecule has 2 atom stereocenters. The molecule has 8 heteroatoms. The van der Waals surface area contributed by atoms with E-state index in [2.05, 4.69) is 30.9 Å². The molecule has 28 heavy (non-hydrogen) atoms. The monoisotopic (exact) mass is 416 g/mol. The van der Waals surface area contributed by atoms with Crippen molar-refractivity contribution < 1.29 is 23.1 Å². The van der Waals surface area contributed by atoms with Crippen molar-refractivity contribution in [2.24, 2.45) is 0 Å². The molecule has 0 amide bonds. The molecule has 0 N–H and O–H groups in total. The minimum atomic E-state index is -3.27. The van der Waals surface area contributed by atoms with Gasteiger partial charge in [-0.15, -0.1) is 0 Å². The second-order valence-corrected chi connectivity index (χ2v) is 11.6. The van der Waals surface area contributed by atoms with Crippen molar-refractivity contribution in [3.63, 3.8) is 0 Å². The summed E-state index contributed by atoms with van der Waals surface area (Å²) in [4.78, 5) is 17.2. The Hall–Kier alpha value is -1.20. The minimum absolute atomic E-state index is 0.0285. The number of rotatable bonds is 11. The van der Waals surface area contributed by atoms with Gasteiger partial charge in [-0.1, -0.05) is 45.2 Å². The lowest BCUT2D eigenvalue weighted by atomic mass is 9.86. The molecule has 162 valence electrons. The molecule has 0 saturated heterocycles. The number of hydrogen-bond donors (Lipinski definition) is 0. The number of carbonyl (C=O) groups is 1. The molecule has 1 aromatic heterocycles. The van der Waals surface area contributed by atoms with Crippen molar-refractivity contribution in [3.05, 3.63) is 11.7 Å². The number of aromatic nitrogens is 2. The molecule has 0 aliphatic rings. The first-order valence-corrected chi connectivity index (χ1v) is 12.2. The Bertz CT molecular complexity index is 678. The van der Waals surface area contributed by atoms with Gasteiger partial charge in [0.05, 0.1) is 6.61 Å². The van der Waals surface area contributed by atoms with Gasteiger partial charge in [0.25, 0.3) is 0 Å². The van der Waals surface area contributed by atoms with Crippen LogP contribution in [0.1, 0.15) is 85.9 Å². The van der Waals surface area contributed by atoms with Crippen molar-refractivity contribution in [2.45, 2.75) is 97.2 Å². The highest BCUT2D eigenvalue weighted by atomic mass is 31.2. The zero-order valence-electron chi connectivity index (χ0n) is 18.7. The van der Waals surface area contributed by atoms with Crippen LogP contribution in [0.25, 0.3) is 0 Å². The van der Waals surface area contributed by atoms with E-state index in [0.717, 1.165) is 25.7 Å². The number of nitrogens with zero attached hydrogens (tertiary/aromatic N) is 2. The van der Waals surface area contributed by atoms with E-state index >= 15 is 0 Å². The highest BCUT2D eigenvalue weighted by Gasteiger charge is 2.40. The number of ether oxygens (including phenoxy) is 1. The van der Waals surface area contributed by atoms with Gasteiger partial charge in [-0.05, 0) is 34.1 Å². The highest BCUT2D eigenvalue weighted by Crippen LogP contribution is 2.50. The van der Waals surface area contributed by atoms with Crippen LogP contribution >= 0.6 is 7.37 Å². The molecule has 7 nitrogen and oxygen atoms in total. The van der Waals surface area contributed by atoms with Crippen LogP contribution in [-0.4, -0.2) is 40.6 Å². The second kappa shape index (κ2) is 10.0. The topological polar surface area (TPSA) is 91.5 Å². The maximum absolute atomic E-state index is 13.0. The van der Waals surface area contributed by atoms with Crippen LogP contribution in [0.2, 0.25) is 0 Å². The summed E-state index contributed by atoms with van der Waals surface area (Å²) in [5.41, 5.74) is -1.90. The zero-order valence-corrected chi connectivity index (χ0v) is 19.6. The Balaban J connectivity index is 3.02. The highest BCUT2D eigenvalue weighted by molar-refractivity contribution is 7.60. The molecule has 0 saturated carbocycles. The van der Waals surface area contributed by atoms with E-state index in [1.54, 1.807) is 27.7 Å². The molecular weight excluding hydrogens is 379 g/mol. The van der Waals surface area contributed by atoms with Crippen molar-refractivity contribution in [1.82, 2.24) is 10.1 Å². The molecule has 0 bridgehead atoms. The number of unbranched alkanes of at least 4 members (excludes halogenated alkanes) is 2. The molecule has 1 rings (SSSR count). The fourth-order valence-corrected chi connectivity index (χ4v) is 4.48. The minimum Gasteiger partial charge on any atom is -0.459 e. The van der Waals surface area contributed by atoms with E-state index < -0.39 is 24.6 Å². The second-order valence-electron chi connectivity index (χ2n) is 8.93. The van der Waals surface area contributed by atoms with Crippen LogP contribution in [0.15, 0.2) is 4.52 Å². The molecule has 0 aliphatic heterocycles. The Kier molecular flexibility index (Phi) is 8.89. The summed E-state index contributed by atoms with van der Waals surface area (Å²) in [6.45, 7) is 15.1.